The van der Waals surface area contributed by atoms with Crippen LogP contribution in [0, 0.1) is 11.6 Å². The zero-order valence-electron chi connectivity index (χ0n) is 14.2. The second-order valence-corrected chi connectivity index (χ2v) is 6.68. The number of aromatic nitrogens is 4. The lowest BCUT2D eigenvalue weighted by molar-refractivity contribution is 0.281. The van der Waals surface area contributed by atoms with Crippen molar-refractivity contribution in [3.63, 3.8) is 0 Å². The Labute approximate surface area is 156 Å². The number of nitrogens with one attached hydrogen (secondary N) is 2. The summed E-state index contributed by atoms with van der Waals surface area (Å²) in [6.45, 7) is 1.55. The molecular formula is C16H16F2N6O2S. The van der Waals surface area contributed by atoms with Gasteiger partial charge in [0.1, 0.15) is 0 Å². The van der Waals surface area contributed by atoms with Crippen LogP contribution in [0.15, 0.2) is 28.2 Å². The molecule has 2 aromatic heterocycles. The summed E-state index contributed by atoms with van der Waals surface area (Å²) < 4.78 is 27.1. The third-order valence-corrected chi connectivity index (χ3v) is 4.50. The quantitative estimate of drug-likeness (QED) is 0.367. The molecule has 1 atom stereocenters. The predicted octanol–water partition coefficient (Wildman–Crippen LogP) is 1.66. The van der Waals surface area contributed by atoms with Crippen molar-refractivity contribution in [2.45, 2.75) is 23.9 Å². The molecule has 11 heteroatoms. The Bertz CT molecular complexity index is 1050. The summed E-state index contributed by atoms with van der Waals surface area (Å²) in [5.74, 6) is -1.77. The SMILES string of the molecule is C[C@H](CO)Nc1nc(SCc2cccc(F)c2F)nc2[nH]c(=O)c(N)nc12. The van der Waals surface area contributed by atoms with E-state index < -0.39 is 17.2 Å². The highest BCUT2D eigenvalue weighted by Gasteiger charge is 2.15. The van der Waals surface area contributed by atoms with E-state index in [4.69, 9.17) is 5.73 Å². The van der Waals surface area contributed by atoms with Crippen LogP contribution in [0.4, 0.5) is 20.4 Å². The Balaban J connectivity index is 1.98. The van der Waals surface area contributed by atoms with Gasteiger partial charge in [0.25, 0.3) is 5.56 Å². The maximum absolute atomic E-state index is 13.8. The summed E-state index contributed by atoms with van der Waals surface area (Å²) in [7, 11) is 0. The second-order valence-electron chi connectivity index (χ2n) is 5.73. The van der Waals surface area contributed by atoms with Crippen LogP contribution in [0.25, 0.3) is 11.2 Å². The van der Waals surface area contributed by atoms with Crippen LogP contribution in [0.2, 0.25) is 0 Å². The smallest absolute Gasteiger partial charge is 0.292 e. The van der Waals surface area contributed by atoms with Gasteiger partial charge < -0.3 is 21.1 Å². The molecule has 1 aromatic carbocycles. The van der Waals surface area contributed by atoms with Crippen LogP contribution >= 0.6 is 11.8 Å². The van der Waals surface area contributed by atoms with Gasteiger partial charge in [0.05, 0.1) is 6.61 Å². The molecule has 0 bridgehead atoms. The van der Waals surface area contributed by atoms with Gasteiger partial charge in [-0.25, -0.2) is 23.7 Å². The molecule has 27 heavy (non-hydrogen) atoms. The van der Waals surface area contributed by atoms with E-state index in [2.05, 4.69) is 25.3 Å². The fraction of sp³-hybridized carbons (Fsp3) is 0.250. The molecule has 0 aliphatic heterocycles. The number of benzene rings is 1. The maximum Gasteiger partial charge on any atom is 0.292 e. The van der Waals surface area contributed by atoms with Crippen molar-refractivity contribution in [3.8, 4) is 0 Å². The minimum absolute atomic E-state index is 0.0801. The number of anilines is 2. The van der Waals surface area contributed by atoms with Crippen molar-refractivity contribution in [1.29, 1.82) is 0 Å². The number of H-pyrrole nitrogens is 1. The van der Waals surface area contributed by atoms with E-state index in [-0.39, 0.29) is 51.9 Å². The number of thioether (sulfide) groups is 1. The van der Waals surface area contributed by atoms with E-state index in [0.29, 0.717) is 0 Å². The van der Waals surface area contributed by atoms with E-state index in [1.165, 1.54) is 12.1 Å². The number of aliphatic hydroxyl groups is 1. The Morgan fingerprint density at radius 3 is 2.85 bits per heavy atom. The van der Waals surface area contributed by atoms with Crippen LogP contribution in [0.5, 0.6) is 0 Å². The van der Waals surface area contributed by atoms with Gasteiger partial charge >= 0.3 is 0 Å². The maximum atomic E-state index is 13.8. The summed E-state index contributed by atoms with van der Waals surface area (Å²) >= 11 is 1.06. The zero-order chi connectivity index (χ0) is 19.6. The topological polar surface area (TPSA) is 130 Å². The van der Waals surface area contributed by atoms with Gasteiger partial charge in [0, 0.05) is 17.4 Å². The summed E-state index contributed by atoms with van der Waals surface area (Å²) in [6, 6.07) is 3.56. The van der Waals surface area contributed by atoms with Crippen LogP contribution in [0.1, 0.15) is 12.5 Å². The number of hydrogen-bond acceptors (Lipinski definition) is 8. The first-order valence-electron chi connectivity index (χ1n) is 7.89. The Hall–Kier alpha value is -2.79. The number of fused-ring (bicyclic) bond motifs is 1. The van der Waals surface area contributed by atoms with E-state index in [1.54, 1.807) is 6.92 Å². The minimum atomic E-state index is -0.935. The monoisotopic (exact) mass is 394 g/mol. The van der Waals surface area contributed by atoms with Crippen molar-refractivity contribution in [3.05, 3.63) is 45.8 Å². The molecule has 3 rings (SSSR count). The Kier molecular flexibility index (Phi) is 5.51. The summed E-state index contributed by atoms with van der Waals surface area (Å²) in [5, 5.41) is 12.4. The van der Waals surface area contributed by atoms with Crippen LogP contribution in [0.3, 0.4) is 0 Å². The average molecular weight is 394 g/mol. The van der Waals surface area contributed by atoms with Gasteiger partial charge in [-0.1, -0.05) is 23.9 Å². The predicted molar refractivity (Wildman–Crippen MR) is 98.5 cm³/mol. The lowest BCUT2D eigenvalue weighted by Crippen LogP contribution is -2.22. The van der Waals surface area contributed by atoms with Crippen LogP contribution < -0.4 is 16.6 Å². The fourth-order valence-electron chi connectivity index (χ4n) is 2.22. The fourth-order valence-corrected chi connectivity index (χ4v) is 3.04. The molecule has 0 radical (unpaired) electrons. The number of aromatic amines is 1. The highest BCUT2D eigenvalue weighted by Crippen LogP contribution is 2.26. The molecule has 0 saturated heterocycles. The Morgan fingerprint density at radius 2 is 2.11 bits per heavy atom. The van der Waals surface area contributed by atoms with Gasteiger partial charge in [-0.15, -0.1) is 0 Å². The average Bonchev–Trinajstić information content (AvgIpc) is 2.64. The van der Waals surface area contributed by atoms with Crippen molar-refractivity contribution in [2.24, 2.45) is 0 Å². The molecule has 0 amide bonds. The first kappa shape index (κ1) is 19.0. The number of nitrogens with two attached hydrogens (primary N) is 1. The standard InChI is InChI=1S/C16H16F2N6O2S/c1-7(5-25)20-13-11-14(22-15(26)12(19)21-11)24-16(23-13)27-6-8-3-2-4-9(17)10(8)18/h2-4,7,25H,5-6H2,1H3,(H2,19,21)(H2,20,22,23,24,26)/t7-/m1/s1. The van der Waals surface area contributed by atoms with Gasteiger partial charge in [-0.3, -0.25) is 4.79 Å². The molecular weight excluding hydrogens is 378 g/mol. The largest absolute Gasteiger partial charge is 0.394 e. The zero-order valence-corrected chi connectivity index (χ0v) is 15.0. The normalized spacial score (nSPS) is 12.3. The summed E-state index contributed by atoms with van der Waals surface area (Å²) in [4.78, 5) is 26.7. The molecule has 2 heterocycles. The number of hydrogen-bond donors (Lipinski definition) is 4. The lowest BCUT2D eigenvalue weighted by atomic mass is 10.2. The van der Waals surface area contributed by atoms with Crippen LogP contribution in [-0.2, 0) is 5.75 Å². The summed E-state index contributed by atoms with van der Waals surface area (Å²) in [6.07, 6.45) is 0. The number of rotatable bonds is 6. The summed E-state index contributed by atoms with van der Waals surface area (Å²) in [5.41, 5.74) is 5.48. The lowest BCUT2D eigenvalue weighted by Gasteiger charge is -2.14. The molecule has 142 valence electrons. The second kappa shape index (κ2) is 7.84. The van der Waals surface area contributed by atoms with Crippen molar-refractivity contribution < 1.29 is 13.9 Å². The van der Waals surface area contributed by atoms with E-state index in [1.807, 2.05) is 0 Å². The number of nitrogens with zero attached hydrogens (tertiary/aromatic N) is 3. The van der Waals surface area contributed by atoms with E-state index in [9.17, 15) is 18.7 Å². The Morgan fingerprint density at radius 1 is 1.33 bits per heavy atom. The number of aliphatic hydroxyl groups excluding tert-OH is 1. The van der Waals surface area contributed by atoms with Crippen molar-refractivity contribution >= 4 is 34.6 Å². The number of nitrogen functional groups attached to an aromatic ring is 1. The van der Waals surface area contributed by atoms with Crippen molar-refractivity contribution in [2.75, 3.05) is 17.7 Å². The highest BCUT2D eigenvalue weighted by atomic mass is 32.2. The molecule has 0 spiro atoms. The molecule has 0 fully saturated rings. The molecule has 5 N–H and O–H groups in total. The minimum Gasteiger partial charge on any atom is -0.394 e. The first-order valence-corrected chi connectivity index (χ1v) is 8.88. The number of halogens is 2. The molecule has 0 saturated carbocycles. The first-order chi connectivity index (χ1) is 12.9. The van der Waals surface area contributed by atoms with Crippen LogP contribution in [-0.4, -0.2) is 37.7 Å². The van der Waals surface area contributed by atoms with Gasteiger partial charge in [0.15, 0.2) is 39.6 Å². The highest BCUT2D eigenvalue weighted by molar-refractivity contribution is 7.98. The molecule has 3 aromatic rings. The molecule has 0 aliphatic carbocycles. The van der Waals surface area contributed by atoms with E-state index >= 15 is 0 Å². The van der Waals surface area contributed by atoms with Gasteiger partial charge in [0.2, 0.25) is 0 Å². The third-order valence-electron chi connectivity index (χ3n) is 3.61. The van der Waals surface area contributed by atoms with Gasteiger partial charge in [-0.05, 0) is 13.0 Å². The van der Waals surface area contributed by atoms with Gasteiger partial charge in [-0.2, -0.15) is 0 Å². The molecule has 0 unspecified atom stereocenters. The molecule has 8 nitrogen and oxygen atoms in total. The third kappa shape index (κ3) is 4.14. The molecule has 0 aliphatic rings. The van der Waals surface area contributed by atoms with Crippen molar-refractivity contribution in [1.82, 2.24) is 19.9 Å². The van der Waals surface area contributed by atoms with E-state index in [0.717, 1.165) is 17.8 Å².